The van der Waals surface area contributed by atoms with Crippen LogP contribution in [0.5, 0.6) is 0 Å². The van der Waals surface area contributed by atoms with Gasteiger partial charge in [0, 0.05) is 13.5 Å². The summed E-state index contributed by atoms with van der Waals surface area (Å²) in [6.07, 6.45) is 1.54. The van der Waals surface area contributed by atoms with Gasteiger partial charge >= 0.3 is 5.97 Å². The highest BCUT2D eigenvalue weighted by Crippen LogP contribution is 2.21. The number of esters is 1. The molecule has 112 valence electrons. The van der Waals surface area contributed by atoms with Gasteiger partial charge in [-0.2, -0.15) is 0 Å². The van der Waals surface area contributed by atoms with Crippen molar-refractivity contribution in [2.75, 3.05) is 25.1 Å². The summed E-state index contributed by atoms with van der Waals surface area (Å²) in [7, 11) is 1.26. The van der Waals surface area contributed by atoms with Crippen molar-refractivity contribution in [1.82, 2.24) is 5.32 Å². The fourth-order valence-corrected chi connectivity index (χ4v) is 1.74. The molecule has 1 N–H and O–H groups in total. The Labute approximate surface area is 123 Å². The van der Waals surface area contributed by atoms with Crippen LogP contribution < -0.4 is 10.2 Å². The molecule has 0 fully saturated rings. The SMILES string of the molecule is C=CCNC(=O)CN(C(C)=O)c1ccccc1C(=O)OC. The van der Waals surface area contributed by atoms with E-state index >= 15 is 0 Å². The molecule has 0 aromatic heterocycles. The van der Waals surface area contributed by atoms with E-state index in [1.807, 2.05) is 0 Å². The Morgan fingerprint density at radius 1 is 1.33 bits per heavy atom. The molecule has 1 rings (SSSR count). The van der Waals surface area contributed by atoms with Crippen LogP contribution in [0, 0.1) is 0 Å². The highest BCUT2D eigenvalue weighted by atomic mass is 16.5. The van der Waals surface area contributed by atoms with Crippen molar-refractivity contribution in [2.24, 2.45) is 0 Å². The van der Waals surface area contributed by atoms with Gasteiger partial charge in [-0.3, -0.25) is 9.59 Å². The summed E-state index contributed by atoms with van der Waals surface area (Å²) in [6.45, 7) is 4.95. The third-order valence-corrected chi connectivity index (χ3v) is 2.73. The zero-order chi connectivity index (χ0) is 15.8. The number of anilines is 1. The van der Waals surface area contributed by atoms with Crippen molar-refractivity contribution < 1.29 is 19.1 Å². The molecule has 0 aliphatic heterocycles. The first-order valence-corrected chi connectivity index (χ1v) is 6.34. The van der Waals surface area contributed by atoms with E-state index in [4.69, 9.17) is 0 Å². The summed E-state index contributed by atoms with van der Waals surface area (Å²) in [5.74, 6) is -1.26. The number of carbonyl (C=O) groups excluding carboxylic acids is 3. The molecule has 0 bridgehead atoms. The molecule has 2 amide bonds. The number of rotatable bonds is 6. The highest BCUT2D eigenvalue weighted by Gasteiger charge is 2.21. The Balaban J connectivity index is 3.06. The van der Waals surface area contributed by atoms with E-state index in [1.54, 1.807) is 30.3 Å². The number of para-hydroxylation sites is 1. The fourth-order valence-electron chi connectivity index (χ4n) is 1.74. The van der Waals surface area contributed by atoms with Crippen LogP contribution >= 0.6 is 0 Å². The van der Waals surface area contributed by atoms with Gasteiger partial charge < -0.3 is 15.0 Å². The van der Waals surface area contributed by atoms with Crippen LogP contribution in [0.4, 0.5) is 5.69 Å². The molecular formula is C15H18N2O4. The van der Waals surface area contributed by atoms with E-state index < -0.39 is 5.97 Å². The van der Waals surface area contributed by atoms with Crippen LogP contribution in [-0.4, -0.2) is 38.0 Å². The number of benzene rings is 1. The van der Waals surface area contributed by atoms with Gasteiger partial charge in [-0.15, -0.1) is 6.58 Å². The molecule has 0 aliphatic carbocycles. The van der Waals surface area contributed by atoms with Crippen LogP contribution in [-0.2, 0) is 14.3 Å². The summed E-state index contributed by atoms with van der Waals surface area (Å²) in [5, 5.41) is 2.58. The normalized spacial score (nSPS) is 9.62. The molecule has 0 saturated heterocycles. The summed E-state index contributed by atoms with van der Waals surface area (Å²) >= 11 is 0. The zero-order valence-electron chi connectivity index (χ0n) is 12.1. The van der Waals surface area contributed by atoms with E-state index in [0.717, 1.165) is 0 Å². The quantitative estimate of drug-likeness (QED) is 0.629. The molecule has 1 aromatic rings. The number of hydrogen-bond donors (Lipinski definition) is 1. The summed E-state index contributed by atoms with van der Waals surface area (Å²) in [4.78, 5) is 36.5. The van der Waals surface area contributed by atoms with Crippen LogP contribution in [0.25, 0.3) is 0 Å². The van der Waals surface area contributed by atoms with Gasteiger partial charge in [-0.1, -0.05) is 18.2 Å². The standard InChI is InChI=1S/C15H18N2O4/c1-4-9-16-14(19)10-17(11(2)18)13-8-6-5-7-12(13)15(20)21-3/h4-8H,1,9-10H2,2-3H3,(H,16,19). The number of carbonyl (C=O) groups is 3. The molecule has 0 spiro atoms. The second-order valence-corrected chi connectivity index (χ2v) is 4.21. The van der Waals surface area contributed by atoms with E-state index in [0.29, 0.717) is 12.2 Å². The molecule has 6 heteroatoms. The molecule has 1 aromatic carbocycles. The van der Waals surface area contributed by atoms with Crippen molar-refractivity contribution in [2.45, 2.75) is 6.92 Å². The van der Waals surface area contributed by atoms with Gasteiger partial charge in [0.15, 0.2) is 0 Å². The van der Waals surface area contributed by atoms with Gasteiger partial charge in [-0.25, -0.2) is 4.79 Å². The molecule has 0 atom stereocenters. The van der Waals surface area contributed by atoms with E-state index in [2.05, 4.69) is 16.6 Å². The van der Waals surface area contributed by atoms with Crippen molar-refractivity contribution >= 4 is 23.5 Å². The lowest BCUT2D eigenvalue weighted by Gasteiger charge is -2.22. The molecule has 0 radical (unpaired) electrons. The van der Waals surface area contributed by atoms with Crippen molar-refractivity contribution in [3.8, 4) is 0 Å². The Morgan fingerprint density at radius 2 is 2.00 bits per heavy atom. The van der Waals surface area contributed by atoms with Crippen molar-refractivity contribution in [3.05, 3.63) is 42.5 Å². The Hall–Kier alpha value is -2.63. The monoisotopic (exact) mass is 290 g/mol. The minimum Gasteiger partial charge on any atom is -0.465 e. The number of nitrogens with zero attached hydrogens (tertiary/aromatic N) is 1. The molecule has 21 heavy (non-hydrogen) atoms. The van der Waals surface area contributed by atoms with E-state index in [9.17, 15) is 14.4 Å². The lowest BCUT2D eigenvalue weighted by atomic mass is 10.1. The third-order valence-electron chi connectivity index (χ3n) is 2.73. The lowest BCUT2D eigenvalue weighted by Crippen LogP contribution is -2.40. The fraction of sp³-hybridized carbons (Fsp3) is 0.267. The minimum atomic E-state index is -0.566. The molecular weight excluding hydrogens is 272 g/mol. The summed E-state index contributed by atoms with van der Waals surface area (Å²) < 4.78 is 4.69. The van der Waals surface area contributed by atoms with Gasteiger partial charge in [0.2, 0.25) is 11.8 Å². The highest BCUT2D eigenvalue weighted by molar-refractivity contribution is 6.04. The maximum Gasteiger partial charge on any atom is 0.339 e. The average molecular weight is 290 g/mol. The largest absolute Gasteiger partial charge is 0.465 e. The Kier molecular flexibility index (Phi) is 6.13. The van der Waals surface area contributed by atoms with Crippen LogP contribution in [0.3, 0.4) is 0 Å². The van der Waals surface area contributed by atoms with Crippen LogP contribution in [0.2, 0.25) is 0 Å². The van der Waals surface area contributed by atoms with Crippen LogP contribution in [0.1, 0.15) is 17.3 Å². The Morgan fingerprint density at radius 3 is 2.57 bits per heavy atom. The second kappa shape index (κ2) is 7.84. The second-order valence-electron chi connectivity index (χ2n) is 4.21. The third kappa shape index (κ3) is 4.45. The predicted molar refractivity (Wildman–Crippen MR) is 79.0 cm³/mol. The number of hydrogen-bond acceptors (Lipinski definition) is 4. The first-order valence-electron chi connectivity index (χ1n) is 6.34. The van der Waals surface area contributed by atoms with Gasteiger partial charge in [0.1, 0.15) is 6.54 Å². The average Bonchev–Trinajstić information content (AvgIpc) is 2.49. The van der Waals surface area contributed by atoms with Crippen molar-refractivity contribution in [3.63, 3.8) is 0 Å². The van der Waals surface area contributed by atoms with Crippen molar-refractivity contribution in [1.29, 1.82) is 0 Å². The van der Waals surface area contributed by atoms with Gasteiger partial charge in [0.05, 0.1) is 18.4 Å². The zero-order valence-corrected chi connectivity index (χ0v) is 12.1. The molecule has 6 nitrogen and oxygen atoms in total. The molecule has 0 heterocycles. The number of ether oxygens (including phenoxy) is 1. The van der Waals surface area contributed by atoms with Gasteiger partial charge in [0.25, 0.3) is 0 Å². The minimum absolute atomic E-state index is 0.183. The maximum absolute atomic E-state index is 11.8. The van der Waals surface area contributed by atoms with E-state index in [-0.39, 0.29) is 23.9 Å². The summed E-state index contributed by atoms with van der Waals surface area (Å²) in [5.41, 5.74) is 0.567. The molecule has 0 unspecified atom stereocenters. The van der Waals surface area contributed by atoms with E-state index in [1.165, 1.54) is 18.9 Å². The Bertz CT molecular complexity index is 554. The maximum atomic E-state index is 11.8. The smallest absolute Gasteiger partial charge is 0.339 e. The first-order chi connectivity index (χ1) is 10.0. The predicted octanol–water partition coefficient (Wildman–Crippen LogP) is 1.13. The first kappa shape index (κ1) is 16.4. The number of amides is 2. The van der Waals surface area contributed by atoms with Gasteiger partial charge in [-0.05, 0) is 12.1 Å². The molecule has 0 aliphatic rings. The molecule has 0 saturated carbocycles. The van der Waals surface area contributed by atoms with Crippen LogP contribution in [0.15, 0.2) is 36.9 Å². The lowest BCUT2D eigenvalue weighted by molar-refractivity contribution is -0.122. The summed E-state index contributed by atoms with van der Waals surface area (Å²) in [6, 6.07) is 6.47. The number of nitrogens with one attached hydrogen (secondary N) is 1. The topological polar surface area (TPSA) is 75.7 Å². The number of methoxy groups -OCH3 is 1.